The van der Waals surface area contributed by atoms with E-state index in [2.05, 4.69) is 0 Å². The van der Waals surface area contributed by atoms with Gasteiger partial charge in [-0.25, -0.2) is 0 Å². The van der Waals surface area contributed by atoms with Crippen LogP contribution < -0.4 is 5.73 Å². The van der Waals surface area contributed by atoms with Gasteiger partial charge in [-0.15, -0.1) is 0 Å². The smallest absolute Gasteiger partial charge is 0.244 e. The van der Waals surface area contributed by atoms with E-state index in [-0.39, 0.29) is 5.91 Å². The molecule has 0 aliphatic heterocycles. The highest BCUT2D eigenvalue weighted by atomic mass is 16.1. The SMILES string of the molecule is C/C=C\C=C(/CC)C(N)=O. The summed E-state index contributed by atoms with van der Waals surface area (Å²) >= 11 is 0. The quantitative estimate of drug-likeness (QED) is 0.466. The molecule has 2 nitrogen and oxygen atoms in total. The minimum absolute atomic E-state index is 0.333. The molecule has 0 aliphatic rings. The van der Waals surface area contributed by atoms with Gasteiger partial charge in [0.25, 0.3) is 0 Å². The van der Waals surface area contributed by atoms with Crippen molar-refractivity contribution in [1.82, 2.24) is 0 Å². The number of carbonyl (C=O) groups excluding carboxylic acids is 1. The molecule has 0 saturated carbocycles. The third-order valence-corrected chi connectivity index (χ3v) is 1.19. The molecular weight excluding hydrogens is 126 g/mol. The highest BCUT2D eigenvalue weighted by molar-refractivity contribution is 5.92. The molecule has 1 amide bonds. The van der Waals surface area contributed by atoms with Gasteiger partial charge in [0.2, 0.25) is 5.91 Å². The standard InChI is InChI=1S/C8H13NO/c1-3-5-6-7(4-2)8(9)10/h3,5-6H,4H2,1-2H3,(H2,9,10)/b5-3-,7-6+. The maximum atomic E-state index is 10.6. The lowest BCUT2D eigenvalue weighted by atomic mass is 10.2. The van der Waals surface area contributed by atoms with Crippen molar-refractivity contribution >= 4 is 5.91 Å². The fourth-order valence-electron chi connectivity index (χ4n) is 0.587. The average Bonchev–Trinajstić information content (AvgIpc) is 1.89. The molecule has 10 heavy (non-hydrogen) atoms. The predicted octanol–water partition coefficient (Wildman–Crippen LogP) is 1.38. The number of nitrogens with two attached hydrogens (primary N) is 1. The van der Waals surface area contributed by atoms with E-state index in [9.17, 15) is 4.79 Å². The average molecular weight is 139 g/mol. The number of allylic oxidation sites excluding steroid dienone is 3. The summed E-state index contributed by atoms with van der Waals surface area (Å²) in [5, 5.41) is 0. The molecule has 0 atom stereocenters. The van der Waals surface area contributed by atoms with Crippen molar-refractivity contribution in [3.63, 3.8) is 0 Å². The maximum Gasteiger partial charge on any atom is 0.244 e. The van der Waals surface area contributed by atoms with Crippen LogP contribution in [0.3, 0.4) is 0 Å². The zero-order chi connectivity index (χ0) is 7.98. The Morgan fingerprint density at radius 1 is 1.60 bits per heavy atom. The lowest BCUT2D eigenvalue weighted by molar-refractivity contribution is -0.114. The van der Waals surface area contributed by atoms with E-state index in [1.807, 2.05) is 26.0 Å². The molecule has 0 saturated heterocycles. The molecule has 0 aromatic heterocycles. The summed E-state index contributed by atoms with van der Waals surface area (Å²) in [5.74, 6) is -0.333. The first-order valence-corrected chi connectivity index (χ1v) is 3.34. The Hall–Kier alpha value is -1.05. The molecule has 2 heteroatoms. The molecule has 0 fully saturated rings. The molecule has 0 unspecified atom stereocenters. The zero-order valence-corrected chi connectivity index (χ0v) is 6.42. The van der Waals surface area contributed by atoms with E-state index in [4.69, 9.17) is 5.73 Å². The van der Waals surface area contributed by atoms with Crippen molar-refractivity contribution < 1.29 is 4.79 Å². The summed E-state index contributed by atoms with van der Waals surface area (Å²) in [6.45, 7) is 3.80. The Morgan fingerprint density at radius 3 is 2.50 bits per heavy atom. The highest BCUT2D eigenvalue weighted by Gasteiger charge is 1.97. The predicted molar refractivity (Wildman–Crippen MR) is 42.4 cm³/mol. The molecule has 0 bridgehead atoms. The van der Waals surface area contributed by atoms with E-state index in [0.29, 0.717) is 12.0 Å². The first-order chi connectivity index (χ1) is 4.72. The second-order valence-corrected chi connectivity index (χ2v) is 1.94. The van der Waals surface area contributed by atoms with Crippen LogP contribution in [0.1, 0.15) is 20.3 Å². The third-order valence-electron chi connectivity index (χ3n) is 1.19. The monoisotopic (exact) mass is 139 g/mol. The number of hydrogen-bond acceptors (Lipinski definition) is 1. The van der Waals surface area contributed by atoms with Crippen molar-refractivity contribution in [1.29, 1.82) is 0 Å². The number of hydrogen-bond donors (Lipinski definition) is 1. The lowest BCUT2D eigenvalue weighted by Gasteiger charge is -1.93. The van der Waals surface area contributed by atoms with Crippen molar-refractivity contribution in [2.75, 3.05) is 0 Å². The van der Waals surface area contributed by atoms with Crippen LogP contribution in [-0.4, -0.2) is 5.91 Å². The Kier molecular flexibility index (Phi) is 4.29. The van der Waals surface area contributed by atoms with Crippen LogP contribution in [0.2, 0.25) is 0 Å². The zero-order valence-electron chi connectivity index (χ0n) is 6.42. The third kappa shape index (κ3) is 3.07. The molecule has 0 radical (unpaired) electrons. The number of amides is 1. The van der Waals surface area contributed by atoms with Crippen LogP contribution in [-0.2, 0) is 4.79 Å². The lowest BCUT2D eigenvalue weighted by Crippen LogP contribution is -2.12. The van der Waals surface area contributed by atoms with Crippen LogP contribution in [0.5, 0.6) is 0 Å². The first kappa shape index (κ1) is 8.95. The van der Waals surface area contributed by atoms with E-state index >= 15 is 0 Å². The van der Waals surface area contributed by atoms with Crippen LogP contribution in [0.4, 0.5) is 0 Å². The van der Waals surface area contributed by atoms with Crippen LogP contribution in [0, 0.1) is 0 Å². The molecule has 0 spiro atoms. The minimum Gasteiger partial charge on any atom is -0.366 e. The maximum absolute atomic E-state index is 10.6. The van der Waals surface area contributed by atoms with Crippen molar-refractivity contribution in [2.24, 2.45) is 5.73 Å². The Bertz CT molecular complexity index is 168. The van der Waals surface area contributed by atoms with Gasteiger partial charge in [-0.3, -0.25) is 4.79 Å². The Morgan fingerprint density at radius 2 is 2.20 bits per heavy atom. The molecule has 2 N–H and O–H groups in total. The summed E-state index contributed by atoms with van der Waals surface area (Å²) in [4.78, 5) is 10.6. The largest absolute Gasteiger partial charge is 0.366 e. The van der Waals surface area contributed by atoms with E-state index in [0.717, 1.165) is 0 Å². The topological polar surface area (TPSA) is 43.1 Å². The summed E-state index contributed by atoms with van der Waals surface area (Å²) < 4.78 is 0. The highest BCUT2D eigenvalue weighted by Crippen LogP contribution is 1.98. The van der Waals surface area contributed by atoms with Gasteiger partial charge in [0, 0.05) is 5.57 Å². The normalized spacial score (nSPS) is 12.4. The van der Waals surface area contributed by atoms with E-state index in [1.165, 1.54) is 0 Å². The molecular formula is C8H13NO. The molecule has 0 heterocycles. The van der Waals surface area contributed by atoms with Gasteiger partial charge in [-0.05, 0) is 13.3 Å². The second kappa shape index (κ2) is 4.79. The van der Waals surface area contributed by atoms with Crippen LogP contribution in [0.25, 0.3) is 0 Å². The van der Waals surface area contributed by atoms with E-state index < -0.39 is 0 Å². The first-order valence-electron chi connectivity index (χ1n) is 3.34. The van der Waals surface area contributed by atoms with Gasteiger partial charge in [-0.1, -0.05) is 25.2 Å². The number of rotatable bonds is 3. The van der Waals surface area contributed by atoms with Gasteiger partial charge in [0.05, 0.1) is 0 Å². The minimum atomic E-state index is -0.333. The van der Waals surface area contributed by atoms with Crippen molar-refractivity contribution in [3.05, 3.63) is 23.8 Å². The van der Waals surface area contributed by atoms with Crippen molar-refractivity contribution in [3.8, 4) is 0 Å². The number of carbonyl (C=O) groups is 1. The summed E-state index contributed by atoms with van der Waals surface area (Å²) in [5.41, 5.74) is 5.71. The van der Waals surface area contributed by atoms with Gasteiger partial charge in [-0.2, -0.15) is 0 Å². The van der Waals surface area contributed by atoms with Gasteiger partial charge < -0.3 is 5.73 Å². The fourth-order valence-corrected chi connectivity index (χ4v) is 0.587. The van der Waals surface area contributed by atoms with Gasteiger partial charge >= 0.3 is 0 Å². The van der Waals surface area contributed by atoms with Gasteiger partial charge in [0.1, 0.15) is 0 Å². The molecule has 0 aromatic rings. The molecule has 0 aliphatic carbocycles. The fraction of sp³-hybridized carbons (Fsp3) is 0.375. The van der Waals surface area contributed by atoms with Crippen LogP contribution >= 0.6 is 0 Å². The summed E-state index contributed by atoms with van der Waals surface area (Å²) in [7, 11) is 0. The second-order valence-electron chi connectivity index (χ2n) is 1.94. The summed E-state index contributed by atoms with van der Waals surface area (Å²) in [6, 6.07) is 0. The van der Waals surface area contributed by atoms with Gasteiger partial charge in [0.15, 0.2) is 0 Å². The van der Waals surface area contributed by atoms with Crippen LogP contribution in [0.15, 0.2) is 23.8 Å². The molecule has 0 aromatic carbocycles. The molecule has 0 rings (SSSR count). The number of primary amides is 1. The van der Waals surface area contributed by atoms with E-state index in [1.54, 1.807) is 6.08 Å². The van der Waals surface area contributed by atoms with Crippen molar-refractivity contribution in [2.45, 2.75) is 20.3 Å². The molecule has 56 valence electrons. The summed E-state index contributed by atoms with van der Waals surface area (Å²) in [6.07, 6.45) is 6.10. The Balaban J connectivity index is 4.18. The Labute approximate surface area is 61.4 Å².